The van der Waals surface area contributed by atoms with Crippen LogP contribution in [0.25, 0.3) is 11.0 Å². The third kappa shape index (κ3) is 4.03. The Morgan fingerprint density at radius 1 is 1.16 bits per heavy atom. The van der Waals surface area contributed by atoms with Gasteiger partial charge in [0.1, 0.15) is 11.3 Å². The molecular weight excluding hydrogens is 398 g/mol. The molecule has 0 N–H and O–H groups in total. The number of anilines is 1. The molecule has 0 fully saturated rings. The average Bonchev–Trinajstić information content (AvgIpc) is 3.36. The summed E-state index contributed by atoms with van der Waals surface area (Å²) in [4.78, 5) is 38.6. The number of methoxy groups -OCH3 is 1. The van der Waals surface area contributed by atoms with Crippen LogP contribution in [0.5, 0.6) is 5.75 Å². The third-order valence-corrected chi connectivity index (χ3v) is 5.51. The van der Waals surface area contributed by atoms with Crippen molar-refractivity contribution in [2.75, 3.05) is 18.6 Å². The molecule has 1 aliphatic rings. The molecule has 1 atom stereocenters. The lowest BCUT2D eigenvalue weighted by molar-refractivity contribution is -0.145. The molecule has 1 unspecified atom stereocenters. The molecule has 3 aromatic rings. The van der Waals surface area contributed by atoms with E-state index in [4.69, 9.17) is 13.9 Å². The monoisotopic (exact) mass is 421 g/mol. The van der Waals surface area contributed by atoms with Gasteiger partial charge in [-0.15, -0.1) is 0 Å². The zero-order valence-electron chi connectivity index (χ0n) is 17.6. The number of carbonyl (C=O) groups excluding carboxylic acids is 3. The van der Waals surface area contributed by atoms with E-state index in [-0.39, 0.29) is 18.1 Å². The van der Waals surface area contributed by atoms with Crippen molar-refractivity contribution in [3.63, 3.8) is 0 Å². The summed E-state index contributed by atoms with van der Waals surface area (Å²) in [5, 5.41) is 0.797. The third-order valence-electron chi connectivity index (χ3n) is 5.51. The molecule has 160 valence electrons. The Morgan fingerprint density at radius 2 is 1.97 bits per heavy atom. The van der Waals surface area contributed by atoms with Crippen LogP contribution in [0, 0.1) is 0 Å². The molecule has 7 nitrogen and oxygen atoms in total. The molecule has 7 heteroatoms. The summed E-state index contributed by atoms with van der Waals surface area (Å²) in [6.45, 7) is 3.69. The minimum absolute atomic E-state index is 0.00525. The molecule has 1 aliphatic heterocycles. The summed E-state index contributed by atoms with van der Waals surface area (Å²) in [6.07, 6.45) is 1.28. The van der Waals surface area contributed by atoms with Crippen molar-refractivity contribution in [3.8, 4) is 5.75 Å². The number of carbonyl (C=O) groups is 3. The van der Waals surface area contributed by atoms with E-state index in [2.05, 4.69) is 0 Å². The van der Waals surface area contributed by atoms with E-state index in [1.807, 2.05) is 6.07 Å². The first kappa shape index (κ1) is 20.7. The average molecular weight is 421 g/mol. The van der Waals surface area contributed by atoms with Crippen LogP contribution >= 0.6 is 0 Å². The van der Waals surface area contributed by atoms with Crippen molar-refractivity contribution in [1.29, 1.82) is 0 Å². The maximum atomic E-state index is 12.8. The molecule has 0 saturated heterocycles. The van der Waals surface area contributed by atoms with Crippen LogP contribution in [0.15, 0.2) is 47.1 Å². The number of Topliss-reactive ketones (excluding diaryl/α,β-unsaturated/α-hetero) is 1. The molecule has 0 bridgehead atoms. The standard InChI is InChI=1S/C24H23NO6/c1-14(24(28)17-4-7-21-16(10-17)8-9-25(21)15(2)26)31-23(27)11-18-13-30-22-12-19(29-3)5-6-20(18)22/h4-7,10,12-14H,8-9,11H2,1-3H3. The van der Waals surface area contributed by atoms with Crippen LogP contribution < -0.4 is 9.64 Å². The van der Waals surface area contributed by atoms with Gasteiger partial charge in [-0.25, -0.2) is 0 Å². The second kappa shape index (κ2) is 8.26. The maximum absolute atomic E-state index is 12.8. The fourth-order valence-corrected chi connectivity index (χ4v) is 3.89. The van der Waals surface area contributed by atoms with Gasteiger partial charge in [-0.05, 0) is 49.2 Å². The lowest BCUT2D eigenvalue weighted by atomic mass is 10.0. The first-order chi connectivity index (χ1) is 14.9. The number of rotatable bonds is 6. The lowest BCUT2D eigenvalue weighted by Gasteiger charge is -2.16. The molecule has 0 radical (unpaired) electrons. The van der Waals surface area contributed by atoms with Crippen molar-refractivity contribution >= 4 is 34.3 Å². The first-order valence-electron chi connectivity index (χ1n) is 10.1. The van der Waals surface area contributed by atoms with E-state index in [0.29, 0.717) is 35.4 Å². The Labute approximate surface area is 179 Å². The minimum atomic E-state index is -0.922. The van der Waals surface area contributed by atoms with Gasteiger partial charge >= 0.3 is 5.97 Å². The van der Waals surface area contributed by atoms with Crippen molar-refractivity contribution in [1.82, 2.24) is 0 Å². The van der Waals surface area contributed by atoms with Crippen LogP contribution in [0.3, 0.4) is 0 Å². The van der Waals surface area contributed by atoms with Crippen molar-refractivity contribution < 1.29 is 28.3 Å². The van der Waals surface area contributed by atoms with E-state index in [9.17, 15) is 14.4 Å². The van der Waals surface area contributed by atoms with E-state index in [1.165, 1.54) is 13.2 Å². The maximum Gasteiger partial charge on any atom is 0.311 e. The summed E-state index contributed by atoms with van der Waals surface area (Å²) < 4.78 is 16.1. The highest BCUT2D eigenvalue weighted by Gasteiger charge is 2.26. The van der Waals surface area contributed by atoms with Gasteiger partial charge in [0.2, 0.25) is 11.7 Å². The van der Waals surface area contributed by atoms with Crippen LogP contribution in [0.2, 0.25) is 0 Å². The zero-order chi connectivity index (χ0) is 22.1. The minimum Gasteiger partial charge on any atom is -0.497 e. The number of fused-ring (bicyclic) bond motifs is 2. The predicted octanol–water partition coefficient (Wildman–Crippen LogP) is 3.71. The van der Waals surface area contributed by atoms with Gasteiger partial charge in [-0.3, -0.25) is 14.4 Å². The van der Waals surface area contributed by atoms with Gasteiger partial charge in [0.25, 0.3) is 0 Å². The number of benzene rings is 2. The summed E-state index contributed by atoms with van der Waals surface area (Å²) in [5.41, 5.74) is 3.54. The molecule has 31 heavy (non-hydrogen) atoms. The Morgan fingerprint density at radius 3 is 2.71 bits per heavy atom. The first-order valence-corrected chi connectivity index (χ1v) is 10.1. The molecule has 1 aromatic heterocycles. The van der Waals surface area contributed by atoms with Crippen molar-refractivity contribution in [2.24, 2.45) is 0 Å². The number of furan rings is 1. The Hall–Kier alpha value is -3.61. The SMILES string of the molecule is COc1ccc2c(CC(=O)OC(C)C(=O)c3ccc4c(c3)CCN4C(C)=O)coc2c1. The van der Waals surface area contributed by atoms with Crippen LogP contribution in [-0.4, -0.2) is 37.4 Å². The van der Waals surface area contributed by atoms with Gasteiger partial charge in [0, 0.05) is 41.7 Å². The number of esters is 1. The molecule has 2 aromatic carbocycles. The van der Waals surface area contributed by atoms with Gasteiger partial charge in [-0.1, -0.05) is 0 Å². The highest BCUT2D eigenvalue weighted by atomic mass is 16.5. The smallest absolute Gasteiger partial charge is 0.311 e. The Kier molecular flexibility index (Phi) is 5.50. The molecule has 1 amide bonds. The van der Waals surface area contributed by atoms with E-state index >= 15 is 0 Å². The molecule has 4 rings (SSSR count). The number of ketones is 1. The molecule has 0 aliphatic carbocycles. The fraction of sp³-hybridized carbons (Fsp3) is 0.292. The number of hydrogen-bond donors (Lipinski definition) is 0. The highest BCUT2D eigenvalue weighted by Crippen LogP contribution is 2.30. The summed E-state index contributed by atoms with van der Waals surface area (Å²) in [6, 6.07) is 10.6. The topological polar surface area (TPSA) is 86.0 Å². The second-order valence-corrected chi connectivity index (χ2v) is 7.56. The van der Waals surface area contributed by atoms with E-state index < -0.39 is 12.1 Å². The van der Waals surface area contributed by atoms with Gasteiger partial charge < -0.3 is 18.8 Å². The van der Waals surface area contributed by atoms with Gasteiger partial charge in [-0.2, -0.15) is 0 Å². The summed E-state index contributed by atoms with van der Waals surface area (Å²) in [5.74, 6) is -0.149. The number of nitrogens with zero attached hydrogens (tertiary/aromatic N) is 1. The number of amides is 1. The van der Waals surface area contributed by atoms with Crippen LogP contribution in [-0.2, 0) is 27.2 Å². The van der Waals surface area contributed by atoms with Gasteiger partial charge in [0.15, 0.2) is 6.10 Å². The Balaban J connectivity index is 1.42. The molecular formula is C24H23NO6. The molecule has 2 heterocycles. The van der Waals surface area contributed by atoms with Gasteiger partial charge in [0.05, 0.1) is 19.8 Å². The lowest BCUT2D eigenvalue weighted by Crippen LogP contribution is -2.26. The zero-order valence-corrected chi connectivity index (χ0v) is 17.6. The number of hydrogen-bond acceptors (Lipinski definition) is 6. The van der Waals surface area contributed by atoms with E-state index in [0.717, 1.165) is 16.6 Å². The fourth-order valence-electron chi connectivity index (χ4n) is 3.89. The largest absolute Gasteiger partial charge is 0.497 e. The second-order valence-electron chi connectivity index (χ2n) is 7.56. The van der Waals surface area contributed by atoms with Crippen molar-refractivity contribution in [3.05, 3.63) is 59.4 Å². The van der Waals surface area contributed by atoms with Crippen LogP contribution in [0.4, 0.5) is 5.69 Å². The van der Waals surface area contributed by atoms with E-state index in [1.54, 1.807) is 49.3 Å². The van der Waals surface area contributed by atoms with Crippen molar-refractivity contribution in [2.45, 2.75) is 32.8 Å². The number of ether oxygens (including phenoxy) is 2. The molecule has 0 spiro atoms. The summed E-state index contributed by atoms with van der Waals surface area (Å²) >= 11 is 0. The highest BCUT2D eigenvalue weighted by molar-refractivity contribution is 6.02. The normalized spacial score (nSPS) is 13.7. The quantitative estimate of drug-likeness (QED) is 0.446. The van der Waals surface area contributed by atoms with Crippen LogP contribution in [0.1, 0.15) is 35.3 Å². The molecule has 0 saturated carbocycles. The summed E-state index contributed by atoms with van der Waals surface area (Å²) in [7, 11) is 1.57. The Bertz CT molecular complexity index is 1180. The predicted molar refractivity (Wildman–Crippen MR) is 115 cm³/mol.